The molecule has 0 spiro atoms. The Kier molecular flexibility index (Phi) is 3.75. The van der Waals surface area contributed by atoms with Gasteiger partial charge in [-0.25, -0.2) is 0 Å². The van der Waals surface area contributed by atoms with Gasteiger partial charge in [-0.2, -0.15) is 0 Å². The van der Waals surface area contributed by atoms with Gasteiger partial charge in [0.25, 0.3) is 0 Å². The van der Waals surface area contributed by atoms with Gasteiger partial charge in [0, 0.05) is 11.0 Å². The SMILES string of the molecule is CC1(c2cc(OCc3ccccc3)ccc2O)COC(=O)C1. The van der Waals surface area contributed by atoms with Gasteiger partial charge in [-0.15, -0.1) is 0 Å². The number of benzene rings is 2. The van der Waals surface area contributed by atoms with E-state index in [-0.39, 0.29) is 24.7 Å². The lowest BCUT2D eigenvalue weighted by molar-refractivity contribution is -0.137. The van der Waals surface area contributed by atoms with E-state index in [1.54, 1.807) is 18.2 Å². The summed E-state index contributed by atoms with van der Waals surface area (Å²) in [6.45, 7) is 2.65. The lowest BCUT2D eigenvalue weighted by Crippen LogP contribution is -2.22. The first-order chi connectivity index (χ1) is 10.6. The molecule has 2 aromatic rings. The molecule has 1 N–H and O–H groups in total. The number of rotatable bonds is 4. The zero-order valence-electron chi connectivity index (χ0n) is 12.4. The summed E-state index contributed by atoms with van der Waals surface area (Å²) in [7, 11) is 0. The van der Waals surface area contributed by atoms with Crippen LogP contribution in [0.5, 0.6) is 11.5 Å². The minimum Gasteiger partial charge on any atom is -0.508 e. The molecule has 22 heavy (non-hydrogen) atoms. The van der Waals surface area contributed by atoms with E-state index in [2.05, 4.69) is 0 Å². The van der Waals surface area contributed by atoms with Gasteiger partial charge in [-0.1, -0.05) is 37.3 Å². The van der Waals surface area contributed by atoms with Gasteiger partial charge in [0.1, 0.15) is 24.7 Å². The third-order valence-corrected chi connectivity index (χ3v) is 3.95. The van der Waals surface area contributed by atoms with Crippen LogP contribution in [0.25, 0.3) is 0 Å². The fourth-order valence-electron chi connectivity index (χ4n) is 2.66. The predicted octanol–water partition coefficient (Wildman–Crippen LogP) is 3.18. The van der Waals surface area contributed by atoms with E-state index in [4.69, 9.17) is 9.47 Å². The smallest absolute Gasteiger partial charge is 0.306 e. The Labute approximate surface area is 129 Å². The van der Waals surface area contributed by atoms with Crippen LogP contribution in [0.3, 0.4) is 0 Å². The van der Waals surface area contributed by atoms with E-state index in [1.165, 1.54) is 0 Å². The zero-order chi connectivity index (χ0) is 15.6. The van der Waals surface area contributed by atoms with Crippen molar-refractivity contribution in [2.45, 2.75) is 25.4 Å². The fourth-order valence-corrected chi connectivity index (χ4v) is 2.66. The number of esters is 1. The molecule has 1 atom stereocenters. The number of hydrogen-bond acceptors (Lipinski definition) is 4. The van der Waals surface area contributed by atoms with E-state index in [0.717, 1.165) is 5.56 Å². The van der Waals surface area contributed by atoms with E-state index in [9.17, 15) is 9.90 Å². The molecule has 1 aliphatic heterocycles. The second-order valence-corrected chi connectivity index (χ2v) is 5.85. The number of phenolic OH excluding ortho intramolecular Hbond substituents is 1. The van der Waals surface area contributed by atoms with Crippen LogP contribution in [-0.4, -0.2) is 17.7 Å². The van der Waals surface area contributed by atoms with Crippen molar-refractivity contribution in [2.24, 2.45) is 0 Å². The normalized spacial score (nSPS) is 20.7. The average Bonchev–Trinajstić information content (AvgIpc) is 2.88. The molecule has 1 fully saturated rings. The molecule has 114 valence electrons. The molecule has 4 nitrogen and oxygen atoms in total. The standard InChI is InChI=1S/C18H18O4/c1-18(10-17(20)22-12-18)15-9-14(7-8-16(15)19)21-11-13-5-3-2-4-6-13/h2-9,19H,10-12H2,1H3. The van der Waals surface area contributed by atoms with Crippen LogP contribution in [0.1, 0.15) is 24.5 Å². The van der Waals surface area contributed by atoms with Gasteiger partial charge >= 0.3 is 5.97 Å². The molecule has 1 heterocycles. The number of phenols is 1. The van der Waals surface area contributed by atoms with Crippen molar-refractivity contribution >= 4 is 5.97 Å². The minimum absolute atomic E-state index is 0.160. The predicted molar refractivity (Wildman–Crippen MR) is 81.8 cm³/mol. The molecule has 0 radical (unpaired) electrons. The number of carbonyl (C=O) groups is 1. The van der Waals surface area contributed by atoms with Gasteiger partial charge in [0.15, 0.2) is 0 Å². The molecule has 1 saturated heterocycles. The van der Waals surface area contributed by atoms with E-state index in [1.807, 2.05) is 37.3 Å². The van der Waals surface area contributed by atoms with Crippen LogP contribution < -0.4 is 4.74 Å². The maximum Gasteiger partial charge on any atom is 0.306 e. The van der Waals surface area contributed by atoms with E-state index in [0.29, 0.717) is 17.9 Å². The Bertz CT molecular complexity index is 681. The molecule has 0 amide bonds. The number of aromatic hydroxyl groups is 1. The third kappa shape index (κ3) is 2.91. The van der Waals surface area contributed by atoms with Crippen LogP contribution in [-0.2, 0) is 21.6 Å². The monoisotopic (exact) mass is 298 g/mol. The third-order valence-electron chi connectivity index (χ3n) is 3.95. The van der Waals surface area contributed by atoms with E-state index >= 15 is 0 Å². The van der Waals surface area contributed by atoms with Crippen molar-refractivity contribution in [2.75, 3.05) is 6.61 Å². The molecule has 0 saturated carbocycles. The summed E-state index contributed by atoms with van der Waals surface area (Å²) in [5, 5.41) is 10.1. The highest BCUT2D eigenvalue weighted by Crippen LogP contribution is 2.40. The van der Waals surface area contributed by atoms with Gasteiger partial charge in [0.05, 0.1) is 6.42 Å². The highest BCUT2D eigenvalue weighted by Gasteiger charge is 2.39. The van der Waals surface area contributed by atoms with Gasteiger partial charge in [-0.05, 0) is 23.8 Å². The first-order valence-electron chi connectivity index (χ1n) is 7.23. The summed E-state index contributed by atoms with van der Waals surface area (Å²) in [6, 6.07) is 15.0. The summed E-state index contributed by atoms with van der Waals surface area (Å²) < 4.78 is 10.8. The van der Waals surface area contributed by atoms with Crippen LogP contribution in [0.4, 0.5) is 0 Å². The second-order valence-electron chi connectivity index (χ2n) is 5.85. The summed E-state index contributed by atoms with van der Waals surface area (Å²) in [5.41, 5.74) is 1.25. The highest BCUT2D eigenvalue weighted by molar-refractivity contribution is 5.74. The second kappa shape index (κ2) is 5.72. The number of carbonyl (C=O) groups excluding carboxylic acids is 1. The highest BCUT2D eigenvalue weighted by atomic mass is 16.5. The average molecular weight is 298 g/mol. The summed E-state index contributed by atoms with van der Waals surface area (Å²) in [5.74, 6) is 0.586. The lowest BCUT2D eigenvalue weighted by Gasteiger charge is -2.22. The molecular formula is C18H18O4. The van der Waals surface area contributed by atoms with Gasteiger partial charge in [0.2, 0.25) is 0 Å². The van der Waals surface area contributed by atoms with Crippen LogP contribution in [0.2, 0.25) is 0 Å². The lowest BCUT2D eigenvalue weighted by atomic mass is 9.81. The van der Waals surface area contributed by atoms with Crippen LogP contribution in [0, 0.1) is 0 Å². The van der Waals surface area contributed by atoms with Crippen molar-refractivity contribution in [1.29, 1.82) is 0 Å². The van der Waals surface area contributed by atoms with Gasteiger partial charge in [-0.3, -0.25) is 4.79 Å². The molecule has 3 rings (SSSR count). The van der Waals surface area contributed by atoms with Crippen LogP contribution >= 0.6 is 0 Å². The number of cyclic esters (lactones) is 1. The zero-order valence-corrected chi connectivity index (χ0v) is 12.4. The summed E-state index contributed by atoms with van der Waals surface area (Å²) >= 11 is 0. The molecule has 0 aliphatic carbocycles. The molecule has 4 heteroatoms. The van der Waals surface area contributed by atoms with Crippen molar-refractivity contribution in [3.05, 3.63) is 59.7 Å². The Morgan fingerprint density at radius 2 is 2.00 bits per heavy atom. The largest absolute Gasteiger partial charge is 0.508 e. The molecule has 0 bridgehead atoms. The molecule has 2 aromatic carbocycles. The fraction of sp³-hybridized carbons (Fsp3) is 0.278. The maximum absolute atomic E-state index is 11.4. The Hall–Kier alpha value is -2.49. The first-order valence-corrected chi connectivity index (χ1v) is 7.23. The summed E-state index contributed by atoms with van der Waals surface area (Å²) in [6.07, 6.45) is 0.267. The van der Waals surface area contributed by atoms with Crippen LogP contribution in [0.15, 0.2) is 48.5 Å². The Balaban J connectivity index is 1.79. The van der Waals surface area contributed by atoms with Crippen molar-refractivity contribution in [3.8, 4) is 11.5 Å². The molecule has 1 aliphatic rings. The minimum atomic E-state index is -0.507. The quantitative estimate of drug-likeness (QED) is 0.881. The Morgan fingerprint density at radius 3 is 2.68 bits per heavy atom. The summed E-state index contributed by atoms with van der Waals surface area (Å²) in [4.78, 5) is 11.4. The maximum atomic E-state index is 11.4. The van der Waals surface area contributed by atoms with Crippen molar-refractivity contribution in [1.82, 2.24) is 0 Å². The van der Waals surface area contributed by atoms with Crippen molar-refractivity contribution in [3.63, 3.8) is 0 Å². The van der Waals surface area contributed by atoms with Crippen molar-refractivity contribution < 1.29 is 19.4 Å². The van der Waals surface area contributed by atoms with Gasteiger partial charge < -0.3 is 14.6 Å². The van der Waals surface area contributed by atoms with E-state index < -0.39 is 5.41 Å². The molecule has 0 aromatic heterocycles. The topological polar surface area (TPSA) is 55.8 Å². The Morgan fingerprint density at radius 1 is 1.23 bits per heavy atom. The number of hydrogen-bond donors (Lipinski definition) is 1. The molecule has 1 unspecified atom stereocenters. The number of ether oxygens (including phenoxy) is 2. The molecular weight excluding hydrogens is 280 g/mol. The first kappa shape index (κ1) is 14.4.